The second-order valence-electron chi connectivity index (χ2n) is 10.9. The third-order valence-electron chi connectivity index (χ3n) is 7.77. The van der Waals surface area contributed by atoms with E-state index in [4.69, 9.17) is 9.47 Å². The molecule has 0 radical (unpaired) electrons. The first kappa shape index (κ1) is 29.7. The van der Waals surface area contributed by atoms with Gasteiger partial charge in [0.2, 0.25) is 11.8 Å². The molecule has 6 rings (SSSR count). The molecule has 14 heteroatoms. The number of amides is 2. The molecule has 0 aliphatic carbocycles. The molecule has 45 heavy (non-hydrogen) atoms. The van der Waals surface area contributed by atoms with Gasteiger partial charge < -0.3 is 19.7 Å². The van der Waals surface area contributed by atoms with Crippen molar-refractivity contribution in [1.82, 2.24) is 40.5 Å². The third kappa shape index (κ3) is 6.31. The number of para-hydroxylation sites is 1. The Hall–Kier alpha value is -5.37. The van der Waals surface area contributed by atoms with E-state index < -0.39 is 6.04 Å². The molecular formula is C31H34N10O4. The SMILES string of the molecule is COc1cc(N(C(=O)Cn2nnc3ccccc32)C(C(=O)NCC2CCCO2)c2ccc(N(C)C)cc2)ccc1-n1cnnn1. The fraction of sp³-hybridized carbons (Fsp3) is 0.323. The lowest BCUT2D eigenvalue weighted by atomic mass is 10.0. The molecule has 2 aromatic heterocycles. The van der Waals surface area contributed by atoms with Crippen molar-refractivity contribution in [3.8, 4) is 11.4 Å². The number of methoxy groups -OCH3 is 1. The lowest BCUT2D eigenvalue weighted by Gasteiger charge is -2.32. The fourth-order valence-corrected chi connectivity index (χ4v) is 5.44. The van der Waals surface area contributed by atoms with Gasteiger partial charge in [0.25, 0.3) is 0 Å². The number of carbonyl (C=O) groups is 2. The zero-order valence-corrected chi connectivity index (χ0v) is 25.3. The molecule has 1 N–H and O–H groups in total. The average molecular weight is 611 g/mol. The minimum Gasteiger partial charge on any atom is -0.494 e. The van der Waals surface area contributed by atoms with Crippen molar-refractivity contribution in [2.45, 2.75) is 31.5 Å². The van der Waals surface area contributed by atoms with Gasteiger partial charge in [-0.3, -0.25) is 14.5 Å². The van der Waals surface area contributed by atoms with Crippen LogP contribution in [0.2, 0.25) is 0 Å². The second-order valence-corrected chi connectivity index (χ2v) is 10.9. The number of benzene rings is 3. The van der Waals surface area contributed by atoms with Crippen LogP contribution >= 0.6 is 0 Å². The van der Waals surface area contributed by atoms with Crippen molar-refractivity contribution in [3.05, 3.63) is 78.6 Å². The Morgan fingerprint density at radius 1 is 1.07 bits per heavy atom. The van der Waals surface area contributed by atoms with Crippen molar-refractivity contribution >= 4 is 34.2 Å². The van der Waals surface area contributed by atoms with Gasteiger partial charge in [-0.05, 0) is 65.2 Å². The Labute approximate surface area is 259 Å². The average Bonchev–Trinajstić information content (AvgIpc) is 3.86. The maximum Gasteiger partial charge on any atom is 0.249 e. The maximum atomic E-state index is 14.5. The zero-order valence-electron chi connectivity index (χ0n) is 25.3. The summed E-state index contributed by atoms with van der Waals surface area (Å²) < 4.78 is 14.5. The summed E-state index contributed by atoms with van der Waals surface area (Å²) in [5.41, 5.74) is 3.95. The molecule has 232 valence electrons. The Bertz CT molecular complexity index is 1770. The lowest BCUT2D eigenvalue weighted by molar-refractivity contribution is -0.127. The predicted octanol–water partition coefficient (Wildman–Crippen LogP) is 2.55. The molecule has 2 unspecified atom stereocenters. The summed E-state index contributed by atoms with van der Waals surface area (Å²) in [7, 11) is 5.40. The van der Waals surface area contributed by atoms with Crippen molar-refractivity contribution < 1.29 is 19.1 Å². The number of ether oxygens (including phenoxy) is 2. The number of carbonyl (C=O) groups excluding carboxylic acids is 2. The van der Waals surface area contributed by atoms with Gasteiger partial charge in [0.1, 0.15) is 35.9 Å². The summed E-state index contributed by atoms with van der Waals surface area (Å²) in [6, 6.07) is 19.1. The number of fused-ring (bicyclic) bond motifs is 1. The molecule has 0 saturated carbocycles. The van der Waals surface area contributed by atoms with Crippen LogP contribution in [-0.4, -0.2) is 87.5 Å². The van der Waals surface area contributed by atoms with E-state index in [2.05, 4.69) is 31.2 Å². The number of tetrazole rings is 1. The molecule has 3 aromatic carbocycles. The minimum atomic E-state index is -1.03. The first-order valence-electron chi connectivity index (χ1n) is 14.6. The van der Waals surface area contributed by atoms with Gasteiger partial charge in [-0.25, -0.2) is 4.68 Å². The first-order valence-corrected chi connectivity index (χ1v) is 14.6. The minimum absolute atomic E-state index is 0.0768. The number of anilines is 2. The van der Waals surface area contributed by atoms with Crippen LogP contribution < -0.4 is 19.9 Å². The quantitative estimate of drug-likeness (QED) is 0.237. The molecule has 1 saturated heterocycles. The Morgan fingerprint density at radius 3 is 2.58 bits per heavy atom. The van der Waals surface area contributed by atoms with E-state index in [1.54, 1.807) is 18.2 Å². The van der Waals surface area contributed by atoms with Crippen molar-refractivity contribution in [2.24, 2.45) is 0 Å². The van der Waals surface area contributed by atoms with Crippen LogP contribution in [0.4, 0.5) is 11.4 Å². The van der Waals surface area contributed by atoms with Crippen LogP contribution in [0.25, 0.3) is 16.7 Å². The van der Waals surface area contributed by atoms with Crippen molar-refractivity contribution in [3.63, 3.8) is 0 Å². The fourth-order valence-electron chi connectivity index (χ4n) is 5.44. The molecule has 5 aromatic rings. The van der Waals surface area contributed by atoms with Gasteiger partial charge in [-0.1, -0.05) is 29.5 Å². The lowest BCUT2D eigenvalue weighted by Crippen LogP contribution is -2.46. The zero-order chi connectivity index (χ0) is 31.3. The summed E-state index contributed by atoms with van der Waals surface area (Å²) in [4.78, 5) is 32.1. The van der Waals surface area contributed by atoms with Gasteiger partial charge in [0, 0.05) is 44.7 Å². The van der Waals surface area contributed by atoms with Crippen LogP contribution in [0.1, 0.15) is 24.4 Å². The van der Waals surface area contributed by atoms with E-state index in [-0.39, 0.29) is 24.5 Å². The maximum absolute atomic E-state index is 14.5. The molecule has 3 heterocycles. The molecule has 0 spiro atoms. The summed E-state index contributed by atoms with van der Waals surface area (Å²) in [5.74, 6) is -0.314. The second kappa shape index (κ2) is 13.1. The summed E-state index contributed by atoms with van der Waals surface area (Å²) in [5, 5.41) is 22.9. The smallest absolute Gasteiger partial charge is 0.249 e. The number of hydrogen-bond donors (Lipinski definition) is 1. The van der Waals surface area contributed by atoms with Crippen LogP contribution in [0, 0.1) is 0 Å². The van der Waals surface area contributed by atoms with E-state index in [1.165, 1.54) is 27.7 Å². The standard InChI is InChI=1S/C31H34N10O4/c1-38(2)22-12-10-21(11-13-22)30(31(43)32-18-24-7-6-16-45-24)41(29(42)19-39-26-9-5-4-8-25(26)34-36-39)23-14-15-27(28(17-23)44-3)40-20-33-35-37-40/h4-5,8-15,17,20,24,30H,6-7,16,18-19H2,1-3H3,(H,32,43). The van der Waals surface area contributed by atoms with Crippen molar-refractivity contribution in [2.75, 3.05) is 44.2 Å². The van der Waals surface area contributed by atoms with Crippen LogP contribution in [-0.2, 0) is 20.9 Å². The van der Waals surface area contributed by atoms with E-state index in [0.717, 1.165) is 18.5 Å². The first-order chi connectivity index (χ1) is 21.9. The highest BCUT2D eigenvalue weighted by Gasteiger charge is 2.34. The monoisotopic (exact) mass is 610 g/mol. The van der Waals surface area contributed by atoms with Gasteiger partial charge in [-0.15, -0.1) is 10.2 Å². The molecule has 2 amide bonds. The van der Waals surface area contributed by atoms with Gasteiger partial charge >= 0.3 is 0 Å². The molecule has 1 aliphatic heterocycles. The van der Waals surface area contributed by atoms with E-state index in [1.807, 2.05) is 67.5 Å². The van der Waals surface area contributed by atoms with E-state index in [0.29, 0.717) is 46.9 Å². The van der Waals surface area contributed by atoms with Gasteiger partial charge in [-0.2, -0.15) is 4.68 Å². The number of hydrogen-bond acceptors (Lipinski definition) is 10. The molecule has 2 atom stereocenters. The summed E-state index contributed by atoms with van der Waals surface area (Å²) in [6.07, 6.45) is 3.18. The third-order valence-corrected chi connectivity index (χ3v) is 7.77. The number of rotatable bonds is 11. The summed E-state index contributed by atoms with van der Waals surface area (Å²) >= 11 is 0. The van der Waals surface area contributed by atoms with E-state index >= 15 is 0 Å². The Morgan fingerprint density at radius 2 is 1.87 bits per heavy atom. The van der Waals surface area contributed by atoms with E-state index in [9.17, 15) is 9.59 Å². The largest absolute Gasteiger partial charge is 0.494 e. The number of nitrogens with one attached hydrogen (secondary N) is 1. The molecule has 1 fully saturated rings. The molecule has 1 aliphatic rings. The topological polar surface area (TPSA) is 145 Å². The van der Waals surface area contributed by atoms with Crippen molar-refractivity contribution in [1.29, 1.82) is 0 Å². The summed E-state index contributed by atoms with van der Waals surface area (Å²) in [6.45, 7) is 0.838. The predicted molar refractivity (Wildman–Crippen MR) is 166 cm³/mol. The number of aromatic nitrogens is 7. The van der Waals surface area contributed by atoms with Gasteiger partial charge in [0.05, 0.1) is 18.7 Å². The highest BCUT2D eigenvalue weighted by Crippen LogP contribution is 2.34. The highest BCUT2D eigenvalue weighted by molar-refractivity contribution is 6.02. The molecule has 0 bridgehead atoms. The molecular weight excluding hydrogens is 576 g/mol. The molecule has 14 nitrogen and oxygen atoms in total. The highest BCUT2D eigenvalue weighted by atomic mass is 16.5. The number of nitrogens with zero attached hydrogens (tertiary/aromatic N) is 9. The Balaban J connectivity index is 1.44. The van der Waals surface area contributed by atoms with Crippen LogP contribution in [0.15, 0.2) is 73.1 Å². The normalized spacial score (nSPS) is 15.1. The Kier molecular flexibility index (Phi) is 8.64. The van der Waals surface area contributed by atoms with Gasteiger partial charge in [0.15, 0.2) is 0 Å². The van der Waals surface area contributed by atoms with Crippen LogP contribution in [0.3, 0.4) is 0 Å². The van der Waals surface area contributed by atoms with Crippen LogP contribution in [0.5, 0.6) is 5.75 Å².